The van der Waals surface area contributed by atoms with E-state index < -0.39 is 0 Å². The molecule has 2 heterocycles. The van der Waals surface area contributed by atoms with Crippen LogP contribution in [0.2, 0.25) is 0 Å². The fourth-order valence-corrected chi connectivity index (χ4v) is 1.61. The van der Waals surface area contributed by atoms with Gasteiger partial charge >= 0.3 is 0 Å². The monoisotopic (exact) mass is 295 g/mol. The van der Waals surface area contributed by atoms with Crippen molar-refractivity contribution in [3.63, 3.8) is 0 Å². The van der Waals surface area contributed by atoms with Gasteiger partial charge in [0, 0.05) is 0 Å². The van der Waals surface area contributed by atoms with Gasteiger partial charge in [0.05, 0.1) is 36.7 Å². The normalized spacial score (nSPS) is 10.5. The second-order valence-corrected chi connectivity index (χ2v) is 4.30. The van der Waals surface area contributed by atoms with Crippen LogP contribution in [0.15, 0.2) is 28.0 Å². The SMILES string of the molecule is Cc1ncn(Cc2cnc(N)cn2)c(=O)c1Br. The number of nitrogen functional groups attached to an aromatic ring is 1. The Balaban J connectivity index is 2.34. The molecule has 7 heteroatoms. The summed E-state index contributed by atoms with van der Waals surface area (Å²) < 4.78 is 1.92. The Labute approximate surface area is 106 Å². The highest BCUT2D eigenvalue weighted by molar-refractivity contribution is 9.10. The first-order chi connectivity index (χ1) is 8.08. The summed E-state index contributed by atoms with van der Waals surface area (Å²) in [6, 6.07) is 0. The minimum atomic E-state index is -0.142. The van der Waals surface area contributed by atoms with Gasteiger partial charge in [-0.15, -0.1) is 0 Å². The van der Waals surface area contributed by atoms with E-state index in [-0.39, 0.29) is 5.56 Å². The Morgan fingerprint density at radius 3 is 2.76 bits per heavy atom. The Kier molecular flexibility index (Phi) is 3.19. The maximum atomic E-state index is 11.9. The molecular weight excluding hydrogens is 286 g/mol. The highest BCUT2D eigenvalue weighted by Crippen LogP contribution is 2.07. The number of rotatable bonds is 2. The molecular formula is C10H10BrN5O. The highest BCUT2D eigenvalue weighted by atomic mass is 79.9. The molecule has 2 rings (SSSR count). The zero-order chi connectivity index (χ0) is 12.4. The van der Waals surface area contributed by atoms with Crippen LogP contribution >= 0.6 is 15.9 Å². The summed E-state index contributed by atoms with van der Waals surface area (Å²) in [6.07, 6.45) is 4.48. The zero-order valence-corrected chi connectivity index (χ0v) is 10.7. The number of aromatic nitrogens is 4. The molecule has 0 atom stereocenters. The molecule has 0 amide bonds. The van der Waals surface area contributed by atoms with Crippen LogP contribution in [0.3, 0.4) is 0 Å². The number of nitrogens with zero attached hydrogens (tertiary/aromatic N) is 4. The lowest BCUT2D eigenvalue weighted by molar-refractivity contribution is 0.705. The van der Waals surface area contributed by atoms with Gasteiger partial charge in [0.25, 0.3) is 5.56 Å². The summed E-state index contributed by atoms with van der Waals surface area (Å²) in [4.78, 5) is 23.9. The number of anilines is 1. The quantitative estimate of drug-likeness (QED) is 0.883. The van der Waals surface area contributed by atoms with Crippen LogP contribution in [0, 0.1) is 6.92 Å². The molecule has 0 spiro atoms. The highest BCUT2D eigenvalue weighted by Gasteiger charge is 2.06. The van der Waals surface area contributed by atoms with E-state index in [1.165, 1.54) is 23.3 Å². The van der Waals surface area contributed by atoms with E-state index in [2.05, 4.69) is 30.9 Å². The van der Waals surface area contributed by atoms with Crippen molar-refractivity contribution < 1.29 is 0 Å². The third-order valence-corrected chi connectivity index (χ3v) is 3.13. The molecule has 17 heavy (non-hydrogen) atoms. The van der Waals surface area contributed by atoms with Crippen molar-refractivity contribution in [3.8, 4) is 0 Å². The molecule has 2 N–H and O–H groups in total. The van der Waals surface area contributed by atoms with Gasteiger partial charge < -0.3 is 5.73 Å². The number of nitrogens with two attached hydrogens (primary N) is 1. The summed E-state index contributed by atoms with van der Waals surface area (Å²) in [7, 11) is 0. The van der Waals surface area contributed by atoms with E-state index in [9.17, 15) is 4.79 Å². The zero-order valence-electron chi connectivity index (χ0n) is 9.09. The van der Waals surface area contributed by atoms with Gasteiger partial charge in [-0.25, -0.2) is 9.97 Å². The number of hydrogen-bond donors (Lipinski definition) is 1. The van der Waals surface area contributed by atoms with Crippen molar-refractivity contribution in [2.45, 2.75) is 13.5 Å². The van der Waals surface area contributed by atoms with Crippen LogP contribution in [0.4, 0.5) is 5.82 Å². The topological polar surface area (TPSA) is 86.7 Å². The van der Waals surface area contributed by atoms with E-state index >= 15 is 0 Å². The fraction of sp³-hybridized carbons (Fsp3) is 0.200. The van der Waals surface area contributed by atoms with Gasteiger partial charge in [-0.3, -0.25) is 14.3 Å². The molecule has 0 aliphatic carbocycles. The minimum Gasteiger partial charge on any atom is -0.382 e. The summed E-state index contributed by atoms with van der Waals surface area (Å²) in [5.74, 6) is 0.351. The van der Waals surface area contributed by atoms with Crippen molar-refractivity contribution in [2.24, 2.45) is 0 Å². The Bertz CT molecular complexity index is 593. The average molecular weight is 296 g/mol. The smallest absolute Gasteiger partial charge is 0.268 e. The average Bonchev–Trinajstić information content (AvgIpc) is 2.33. The number of hydrogen-bond acceptors (Lipinski definition) is 5. The van der Waals surface area contributed by atoms with E-state index in [0.717, 1.165) is 0 Å². The first-order valence-electron chi connectivity index (χ1n) is 4.86. The lowest BCUT2D eigenvalue weighted by Gasteiger charge is -2.06. The molecule has 0 aromatic carbocycles. The molecule has 0 fully saturated rings. The van der Waals surface area contributed by atoms with Gasteiger partial charge in [-0.1, -0.05) is 0 Å². The molecule has 0 saturated heterocycles. The second kappa shape index (κ2) is 4.62. The van der Waals surface area contributed by atoms with Gasteiger partial charge in [-0.2, -0.15) is 0 Å². The molecule has 88 valence electrons. The van der Waals surface area contributed by atoms with Crippen LogP contribution in [-0.2, 0) is 6.54 Å². The first kappa shape index (κ1) is 11.7. The van der Waals surface area contributed by atoms with Crippen LogP contribution in [0.25, 0.3) is 0 Å². The number of aryl methyl sites for hydroxylation is 1. The van der Waals surface area contributed by atoms with Crippen LogP contribution in [0.1, 0.15) is 11.4 Å². The van der Waals surface area contributed by atoms with Crippen LogP contribution < -0.4 is 11.3 Å². The second-order valence-electron chi connectivity index (χ2n) is 3.51. The van der Waals surface area contributed by atoms with E-state index in [1.807, 2.05) is 0 Å². The van der Waals surface area contributed by atoms with Crippen molar-refractivity contribution in [2.75, 3.05) is 5.73 Å². The van der Waals surface area contributed by atoms with Gasteiger partial charge in [0.2, 0.25) is 0 Å². The van der Waals surface area contributed by atoms with Gasteiger partial charge in [0.15, 0.2) is 0 Å². The van der Waals surface area contributed by atoms with Gasteiger partial charge in [-0.05, 0) is 22.9 Å². The molecule has 0 aliphatic heterocycles. The molecule has 6 nitrogen and oxygen atoms in total. The van der Waals surface area contributed by atoms with E-state index in [1.54, 1.807) is 6.92 Å². The Morgan fingerprint density at radius 2 is 2.12 bits per heavy atom. The standard InChI is InChI=1S/C10H10BrN5O/c1-6-9(11)10(17)16(5-15-6)4-7-2-14-8(12)3-13-7/h2-3,5H,4H2,1H3,(H2,12,14). The minimum absolute atomic E-state index is 0.142. The molecule has 0 bridgehead atoms. The van der Waals surface area contributed by atoms with Crippen molar-refractivity contribution in [3.05, 3.63) is 44.9 Å². The summed E-state index contributed by atoms with van der Waals surface area (Å²) in [5.41, 5.74) is 6.60. The molecule has 0 unspecified atom stereocenters. The number of halogens is 1. The Morgan fingerprint density at radius 1 is 1.35 bits per heavy atom. The maximum absolute atomic E-state index is 11.9. The summed E-state index contributed by atoms with van der Waals surface area (Å²) in [5, 5.41) is 0. The lowest BCUT2D eigenvalue weighted by atomic mass is 10.4. The first-order valence-corrected chi connectivity index (χ1v) is 5.65. The van der Waals surface area contributed by atoms with Crippen molar-refractivity contribution in [1.29, 1.82) is 0 Å². The predicted octanol–water partition coefficient (Wildman–Crippen LogP) is 0.735. The van der Waals surface area contributed by atoms with Crippen molar-refractivity contribution in [1.82, 2.24) is 19.5 Å². The third-order valence-electron chi connectivity index (χ3n) is 2.21. The van der Waals surface area contributed by atoms with Crippen LogP contribution in [0.5, 0.6) is 0 Å². The summed E-state index contributed by atoms with van der Waals surface area (Å²) in [6.45, 7) is 2.08. The summed E-state index contributed by atoms with van der Waals surface area (Å²) >= 11 is 3.20. The molecule has 0 aliphatic rings. The molecule has 2 aromatic rings. The fourth-order valence-electron chi connectivity index (χ4n) is 1.28. The molecule has 0 radical (unpaired) electrons. The van der Waals surface area contributed by atoms with E-state index in [0.29, 0.717) is 28.2 Å². The van der Waals surface area contributed by atoms with Crippen molar-refractivity contribution >= 4 is 21.7 Å². The van der Waals surface area contributed by atoms with Gasteiger partial charge in [0.1, 0.15) is 10.3 Å². The third kappa shape index (κ3) is 2.50. The molecule has 0 saturated carbocycles. The van der Waals surface area contributed by atoms with E-state index in [4.69, 9.17) is 5.73 Å². The Hall–Kier alpha value is -1.76. The lowest BCUT2D eigenvalue weighted by Crippen LogP contribution is -2.23. The molecule has 2 aromatic heterocycles. The van der Waals surface area contributed by atoms with Crippen LogP contribution in [-0.4, -0.2) is 19.5 Å². The maximum Gasteiger partial charge on any atom is 0.268 e. The largest absolute Gasteiger partial charge is 0.382 e. The predicted molar refractivity (Wildman–Crippen MR) is 66.5 cm³/mol.